The van der Waals surface area contributed by atoms with E-state index in [0.717, 1.165) is 31.7 Å². The van der Waals surface area contributed by atoms with Gasteiger partial charge >= 0.3 is 0 Å². The first-order chi connectivity index (χ1) is 7.81. The molecule has 1 atom stereocenters. The lowest BCUT2D eigenvalue weighted by atomic mass is 10.1. The fraction of sp³-hybridized carbons (Fsp3) is 0.500. The first-order valence-corrected chi connectivity index (χ1v) is 5.62. The number of nitrogens with zero attached hydrogens (tertiary/aromatic N) is 1. The smallest absolute Gasteiger partial charge is 0.123 e. The molecular weight excluding hydrogens is 243 g/mol. The highest BCUT2D eigenvalue weighted by atomic mass is 35.5. The van der Waals surface area contributed by atoms with E-state index in [1.54, 1.807) is 6.07 Å². The number of hydrogen-bond acceptors (Lipinski definition) is 3. The van der Waals surface area contributed by atoms with E-state index in [1.165, 1.54) is 12.1 Å². The van der Waals surface area contributed by atoms with Crippen LogP contribution in [0.2, 0.25) is 0 Å². The van der Waals surface area contributed by atoms with Crippen LogP contribution in [0.4, 0.5) is 4.39 Å². The summed E-state index contributed by atoms with van der Waals surface area (Å²) in [4.78, 5) is 2.19. The Balaban J connectivity index is 0.00000144. The molecule has 1 heterocycles. The quantitative estimate of drug-likeness (QED) is 0.857. The number of aliphatic hydroxyl groups is 1. The van der Waals surface area contributed by atoms with Crippen molar-refractivity contribution in [1.82, 2.24) is 10.2 Å². The Hall–Kier alpha value is -0.680. The van der Waals surface area contributed by atoms with Crippen molar-refractivity contribution in [3.8, 4) is 0 Å². The lowest BCUT2D eigenvalue weighted by molar-refractivity contribution is 0.110. The Morgan fingerprint density at radius 1 is 1.35 bits per heavy atom. The van der Waals surface area contributed by atoms with Gasteiger partial charge in [0.2, 0.25) is 0 Å². The molecule has 0 spiro atoms. The maximum Gasteiger partial charge on any atom is 0.123 e. The maximum absolute atomic E-state index is 13.1. The molecule has 1 aliphatic heterocycles. The number of benzene rings is 1. The molecule has 1 fully saturated rings. The monoisotopic (exact) mass is 260 g/mol. The SMILES string of the molecule is Cl.OC[C@H](c1cccc(F)c1)N1CCNCC1. The lowest BCUT2D eigenvalue weighted by Gasteiger charge is -2.34. The summed E-state index contributed by atoms with van der Waals surface area (Å²) in [7, 11) is 0. The van der Waals surface area contributed by atoms with Crippen LogP contribution in [0.5, 0.6) is 0 Å². The summed E-state index contributed by atoms with van der Waals surface area (Å²) in [5.74, 6) is -0.244. The second-order valence-electron chi connectivity index (χ2n) is 4.04. The van der Waals surface area contributed by atoms with Gasteiger partial charge in [0, 0.05) is 26.2 Å². The van der Waals surface area contributed by atoms with Crippen LogP contribution >= 0.6 is 12.4 Å². The van der Waals surface area contributed by atoms with Crippen LogP contribution in [0.3, 0.4) is 0 Å². The molecule has 0 saturated carbocycles. The summed E-state index contributed by atoms with van der Waals surface area (Å²) < 4.78 is 13.1. The fourth-order valence-electron chi connectivity index (χ4n) is 2.14. The van der Waals surface area contributed by atoms with Crippen molar-refractivity contribution >= 4 is 12.4 Å². The molecule has 0 amide bonds. The van der Waals surface area contributed by atoms with Crippen molar-refractivity contribution in [2.24, 2.45) is 0 Å². The summed E-state index contributed by atoms with van der Waals surface area (Å²) in [5.41, 5.74) is 0.851. The summed E-state index contributed by atoms with van der Waals surface area (Å²) in [6.45, 7) is 3.66. The van der Waals surface area contributed by atoms with Gasteiger partial charge in [0.25, 0.3) is 0 Å². The molecule has 1 aromatic rings. The average Bonchev–Trinajstić information content (AvgIpc) is 2.31. The van der Waals surface area contributed by atoms with Crippen molar-refractivity contribution in [1.29, 1.82) is 0 Å². The van der Waals surface area contributed by atoms with Crippen molar-refractivity contribution < 1.29 is 9.50 Å². The van der Waals surface area contributed by atoms with Gasteiger partial charge < -0.3 is 10.4 Å². The Kier molecular flexibility index (Phi) is 5.85. The van der Waals surface area contributed by atoms with E-state index < -0.39 is 0 Å². The third-order valence-electron chi connectivity index (χ3n) is 3.00. The van der Waals surface area contributed by atoms with Crippen LogP contribution in [-0.4, -0.2) is 42.8 Å². The molecule has 1 saturated heterocycles. The van der Waals surface area contributed by atoms with E-state index in [2.05, 4.69) is 10.2 Å². The summed E-state index contributed by atoms with van der Waals surface area (Å²) in [5, 5.41) is 12.7. The average molecular weight is 261 g/mol. The summed E-state index contributed by atoms with van der Waals surface area (Å²) >= 11 is 0. The van der Waals surface area contributed by atoms with Crippen molar-refractivity contribution in [3.63, 3.8) is 0 Å². The Morgan fingerprint density at radius 2 is 2.06 bits per heavy atom. The highest BCUT2D eigenvalue weighted by molar-refractivity contribution is 5.85. The molecule has 3 nitrogen and oxygen atoms in total. The Labute approximate surface area is 107 Å². The van der Waals surface area contributed by atoms with Gasteiger partial charge in [-0.05, 0) is 17.7 Å². The molecule has 0 aliphatic carbocycles. The Morgan fingerprint density at radius 3 is 2.65 bits per heavy atom. The zero-order valence-corrected chi connectivity index (χ0v) is 10.4. The molecule has 1 aliphatic rings. The molecule has 0 bridgehead atoms. The third-order valence-corrected chi connectivity index (χ3v) is 3.00. The van der Waals surface area contributed by atoms with Crippen LogP contribution in [0, 0.1) is 5.82 Å². The van der Waals surface area contributed by atoms with E-state index in [1.807, 2.05) is 6.07 Å². The second-order valence-corrected chi connectivity index (χ2v) is 4.04. The molecule has 5 heteroatoms. The van der Waals surface area contributed by atoms with Crippen LogP contribution in [0.15, 0.2) is 24.3 Å². The van der Waals surface area contributed by atoms with Crippen molar-refractivity contribution in [2.45, 2.75) is 6.04 Å². The predicted octanol–water partition coefficient (Wildman–Crippen LogP) is 1.19. The Bertz CT molecular complexity index is 345. The van der Waals surface area contributed by atoms with E-state index >= 15 is 0 Å². The number of hydrogen-bond donors (Lipinski definition) is 2. The zero-order chi connectivity index (χ0) is 11.4. The van der Waals surface area contributed by atoms with Crippen LogP contribution < -0.4 is 5.32 Å². The minimum absolute atomic E-state index is 0. The molecule has 0 radical (unpaired) electrons. The summed E-state index contributed by atoms with van der Waals surface area (Å²) in [6.07, 6.45) is 0. The van der Waals surface area contributed by atoms with E-state index in [9.17, 15) is 9.50 Å². The standard InChI is InChI=1S/C12H17FN2O.ClH/c13-11-3-1-2-10(8-11)12(9-16)15-6-4-14-5-7-15;/h1-3,8,12,14,16H,4-7,9H2;1H/t12-;/m1./s1. The van der Waals surface area contributed by atoms with Gasteiger partial charge in [-0.25, -0.2) is 4.39 Å². The highest BCUT2D eigenvalue weighted by Gasteiger charge is 2.21. The van der Waals surface area contributed by atoms with Crippen LogP contribution in [-0.2, 0) is 0 Å². The number of rotatable bonds is 3. The van der Waals surface area contributed by atoms with Gasteiger partial charge in [-0.3, -0.25) is 4.90 Å². The molecule has 17 heavy (non-hydrogen) atoms. The first-order valence-electron chi connectivity index (χ1n) is 5.62. The largest absolute Gasteiger partial charge is 0.394 e. The molecule has 0 aromatic heterocycles. The number of piperazine rings is 1. The topological polar surface area (TPSA) is 35.5 Å². The molecule has 2 N–H and O–H groups in total. The van der Waals surface area contributed by atoms with Crippen molar-refractivity contribution in [2.75, 3.05) is 32.8 Å². The summed E-state index contributed by atoms with van der Waals surface area (Å²) in [6, 6.07) is 6.40. The van der Waals surface area contributed by atoms with Gasteiger partial charge in [0.15, 0.2) is 0 Å². The molecular formula is C12H18ClFN2O. The molecule has 1 aromatic carbocycles. The van der Waals surface area contributed by atoms with Gasteiger partial charge in [-0.1, -0.05) is 12.1 Å². The molecule has 2 rings (SSSR count). The highest BCUT2D eigenvalue weighted by Crippen LogP contribution is 2.21. The number of aliphatic hydroxyl groups excluding tert-OH is 1. The third kappa shape index (κ3) is 3.64. The lowest BCUT2D eigenvalue weighted by Crippen LogP contribution is -2.46. The van der Waals surface area contributed by atoms with Gasteiger partial charge in [0.1, 0.15) is 5.82 Å². The maximum atomic E-state index is 13.1. The fourth-order valence-corrected chi connectivity index (χ4v) is 2.14. The van der Waals surface area contributed by atoms with Crippen LogP contribution in [0.1, 0.15) is 11.6 Å². The second kappa shape index (κ2) is 6.91. The number of nitrogens with one attached hydrogen (secondary N) is 1. The zero-order valence-electron chi connectivity index (χ0n) is 9.60. The van der Waals surface area contributed by atoms with E-state index in [4.69, 9.17) is 0 Å². The van der Waals surface area contributed by atoms with Gasteiger partial charge in [-0.15, -0.1) is 12.4 Å². The van der Waals surface area contributed by atoms with E-state index in [0.29, 0.717) is 0 Å². The normalized spacial score (nSPS) is 18.5. The molecule has 96 valence electrons. The van der Waals surface area contributed by atoms with Crippen LogP contribution in [0.25, 0.3) is 0 Å². The van der Waals surface area contributed by atoms with Gasteiger partial charge in [0.05, 0.1) is 12.6 Å². The number of halogens is 2. The van der Waals surface area contributed by atoms with Gasteiger partial charge in [-0.2, -0.15) is 0 Å². The minimum Gasteiger partial charge on any atom is -0.394 e. The minimum atomic E-state index is -0.244. The van der Waals surface area contributed by atoms with Crippen molar-refractivity contribution in [3.05, 3.63) is 35.6 Å². The molecule has 0 unspecified atom stereocenters. The van der Waals surface area contributed by atoms with E-state index in [-0.39, 0.29) is 30.9 Å². The first kappa shape index (κ1) is 14.4. The predicted molar refractivity (Wildman–Crippen MR) is 67.9 cm³/mol.